The molecule has 1 atom stereocenters. The van der Waals surface area contributed by atoms with E-state index in [4.69, 9.17) is 0 Å². The van der Waals surface area contributed by atoms with Crippen molar-refractivity contribution >= 4 is 44.3 Å². The molecule has 1 aromatic carbocycles. The lowest BCUT2D eigenvalue weighted by Crippen LogP contribution is -2.48. The average Bonchev–Trinajstić information content (AvgIpc) is 2.24. The molecular weight excluding hydrogens is 367 g/mol. The summed E-state index contributed by atoms with van der Waals surface area (Å²) in [6, 6.07) is 7.08. The number of hydrogen-bond acceptors (Lipinski definition) is 2. The van der Waals surface area contributed by atoms with E-state index in [9.17, 15) is 0 Å². The van der Waals surface area contributed by atoms with Crippen LogP contribution in [0.25, 0.3) is 0 Å². The van der Waals surface area contributed by atoms with Crippen molar-refractivity contribution in [2.75, 3.05) is 19.6 Å². The maximum Gasteiger partial charge on any atom is 0.0320 e. The van der Waals surface area contributed by atoms with Crippen molar-refractivity contribution in [3.05, 3.63) is 32.7 Å². The molecule has 1 aromatic rings. The molecule has 2 nitrogen and oxygen atoms in total. The third-order valence-electron chi connectivity index (χ3n) is 2.84. The lowest BCUT2D eigenvalue weighted by atomic mass is 10.1. The summed E-state index contributed by atoms with van der Waals surface area (Å²) in [6.45, 7) is 6.64. The van der Waals surface area contributed by atoms with Gasteiger partial charge in [0.05, 0.1) is 0 Å². The van der Waals surface area contributed by atoms with Crippen molar-refractivity contribution in [2.24, 2.45) is 0 Å². The number of rotatable bonds is 2. The lowest BCUT2D eigenvalue weighted by molar-refractivity contribution is 0.199. The van der Waals surface area contributed by atoms with Crippen molar-refractivity contribution < 1.29 is 0 Å². The SMILES string of the molecule is CC1CN(Cc2ccc(Br)c(Br)c2)CCN1.Cl. The van der Waals surface area contributed by atoms with Crippen LogP contribution < -0.4 is 5.32 Å². The van der Waals surface area contributed by atoms with Crippen molar-refractivity contribution in [1.82, 2.24) is 10.2 Å². The molecule has 0 aromatic heterocycles. The summed E-state index contributed by atoms with van der Waals surface area (Å²) in [5.41, 5.74) is 1.36. The van der Waals surface area contributed by atoms with E-state index in [0.29, 0.717) is 6.04 Å². The number of piperazine rings is 1. The van der Waals surface area contributed by atoms with Crippen LogP contribution >= 0.6 is 44.3 Å². The fourth-order valence-corrected chi connectivity index (χ4v) is 2.72. The minimum Gasteiger partial charge on any atom is -0.312 e. The third-order valence-corrected chi connectivity index (χ3v) is 4.72. The molecule has 0 bridgehead atoms. The minimum atomic E-state index is 0. The van der Waals surface area contributed by atoms with E-state index in [2.05, 4.69) is 67.2 Å². The van der Waals surface area contributed by atoms with Gasteiger partial charge in [0, 0.05) is 41.2 Å². The Kier molecular flexibility index (Phi) is 6.45. The summed E-state index contributed by atoms with van der Waals surface area (Å²) in [5, 5.41) is 3.46. The fraction of sp³-hybridized carbons (Fsp3) is 0.500. The van der Waals surface area contributed by atoms with Gasteiger partial charge in [0.2, 0.25) is 0 Å². The van der Waals surface area contributed by atoms with E-state index >= 15 is 0 Å². The van der Waals surface area contributed by atoms with Crippen molar-refractivity contribution in [2.45, 2.75) is 19.5 Å². The Morgan fingerprint density at radius 1 is 1.35 bits per heavy atom. The van der Waals surface area contributed by atoms with E-state index in [1.165, 1.54) is 5.56 Å². The summed E-state index contributed by atoms with van der Waals surface area (Å²) in [5.74, 6) is 0. The van der Waals surface area contributed by atoms with Gasteiger partial charge in [0.1, 0.15) is 0 Å². The van der Waals surface area contributed by atoms with Gasteiger partial charge in [-0.2, -0.15) is 0 Å². The molecule has 96 valence electrons. The molecule has 1 saturated heterocycles. The third kappa shape index (κ3) is 4.52. The van der Waals surface area contributed by atoms with Crippen LogP contribution in [0.4, 0.5) is 0 Å². The smallest absolute Gasteiger partial charge is 0.0320 e. The van der Waals surface area contributed by atoms with Crippen LogP contribution in [-0.2, 0) is 6.54 Å². The zero-order chi connectivity index (χ0) is 11.5. The van der Waals surface area contributed by atoms with Gasteiger partial charge >= 0.3 is 0 Å². The van der Waals surface area contributed by atoms with Crippen LogP contribution in [0.15, 0.2) is 27.1 Å². The number of hydrogen-bond donors (Lipinski definition) is 1. The normalized spacial score (nSPS) is 21.0. The predicted molar refractivity (Wildman–Crippen MR) is 81.8 cm³/mol. The molecule has 5 heteroatoms. The molecule has 1 N–H and O–H groups in total. The Balaban J connectivity index is 0.00000144. The largest absolute Gasteiger partial charge is 0.312 e. The zero-order valence-electron chi connectivity index (χ0n) is 9.75. The molecule has 0 aliphatic carbocycles. The minimum absolute atomic E-state index is 0. The van der Waals surface area contributed by atoms with Gasteiger partial charge in [-0.15, -0.1) is 12.4 Å². The van der Waals surface area contributed by atoms with Gasteiger partial charge in [-0.3, -0.25) is 4.90 Å². The quantitative estimate of drug-likeness (QED) is 0.840. The fourth-order valence-electron chi connectivity index (χ4n) is 2.05. The van der Waals surface area contributed by atoms with E-state index in [1.807, 2.05) is 0 Å². The molecule has 1 unspecified atom stereocenters. The lowest BCUT2D eigenvalue weighted by Gasteiger charge is -2.31. The second-order valence-electron chi connectivity index (χ2n) is 4.34. The Hall–Kier alpha value is 0.390. The van der Waals surface area contributed by atoms with Crippen LogP contribution in [0, 0.1) is 0 Å². The molecule has 17 heavy (non-hydrogen) atoms. The molecule has 0 amide bonds. The van der Waals surface area contributed by atoms with Gasteiger partial charge in [-0.05, 0) is 56.5 Å². The summed E-state index contributed by atoms with van der Waals surface area (Å²) in [6.07, 6.45) is 0. The summed E-state index contributed by atoms with van der Waals surface area (Å²) in [4.78, 5) is 2.50. The molecule has 1 aliphatic heterocycles. The second-order valence-corrected chi connectivity index (χ2v) is 6.05. The number of benzene rings is 1. The Labute approximate surface area is 126 Å². The summed E-state index contributed by atoms with van der Waals surface area (Å²) >= 11 is 7.04. The predicted octanol–water partition coefficient (Wildman–Crippen LogP) is 3.43. The number of nitrogens with zero attached hydrogens (tertiary/aromatic N) is 1. The average molecular weight is 385 g/mol. The van der Waals surface area contributed by atoms with Gasteiger partial charge < -0.3 is 5.32 Å². The van der Waals surface area contributed by atoms with Crippen molar-refractivity contribution in [1.29, 1.82) is 0 Å². The van der Waals surface area contributed by atoms with Gasteiger partial charge in [-0.1, -0.05) is 6.07 Å². The molecule has 0 radical (unpaired) electrons. The van der Waals surface area contributed by atoms with Gasteiger partial charge in [-0.25, -0.2) is 0 Å². The van der Waals surface area contributed by atoms with E-state index in [0.717, 1.165) is 35.1 Å². The van der Waals surface area contributed by atoms with Crippen LogP contribution in [0.5, 0.6) is 0 Å². The van der Waals surface area contributed by atoms with E-state index in [-0.39, 0.29) is 12.4 Å². The molecule has 0 saturated carbocycles. The molecule has 1 fully saturated rings. The summed E-state index contributed by atoms with van der Waals surface area (Å²) in [7, 11) is 0. The van der Waals surface area contributed by atoms with Crippen LogP contribution in [0.3, 0.4) is 0 Å². The first-order chi connectivity index (χ1) is 7.65. The number of halogens is 3. The first kappa shape index (κ1) is 15.4. The molecular formula is C12H17Br2ClN2. The Bertz CT molecular complexity index is 374. The first-order valence-corrected chi connectivity index (χ1v) is 7.13. The van der Waals surface area contributed by atoms with Gasteiger partial charge in [0.15, 0.2) is 0 Å². The van der Waals surface area contributed by atoms with Crippen LogP contribution in [-0.4, -0.2) is 30.6 Å². The van der Waals surface area contributed by atoms with Crippen LogP contribution in [0.2, 0.25) is 0 Å². The molecule has 2 rings (SSSR count). The standard InChI is InChI=1S/C12H16Br2N2.ClH/c1-9-7-16(5-4-15-9)8-10-2-3-11(13)12(14)6-10;/h2-3,6,9,15H,4-5,7-8H2,1H3;1H. The topological polar surface area (TPSA) is 15.3 Å². The van der Waals surface area contributed by atoms with Gasteiger partial charge in [0.25, 0.3) is 0 Å². The van der Waals surface area contributed by atoms with E-state index < -0.39 is 0 Å². The molecule has 1 aliphatic rings. The highest BCUT2D eigenvalue weighted by molar-refractivity contribution is 9.13. The Morgan fingerprint density at radius 2 is 2.12 bits per heavy atom. The highest BCUT2D eigenvalue weighted by Gasteiger charge is 2.15. The summed E-state index contributed by atoms with van der Waals surface area (Å²) < 4.78 is 2.25. The zero-order valence-corrected chi connectivity index (χ0v) is 13.7. The molecule has 1 heterocycles. The Morgan fingerprint density at radius 3 is 2.76 bits per heavy atom. The monoisotopic (exact) mass is 382 g/mol. The second kappa shape index (κ2) is 7.10. The maximum absolute atomic E-state index is 3.54. The van der Waals surface area contributed by atoms with Crippen molar-refractivity contribution in [3.8, 4) is 0 Å². The first-order valence-electron chi connectivity index (χ1n) is 5.55. The highest BCUT2D eigenvalue weighted by atomic mass is 79.9. The number of nitrogens with one attached hydrogen (secondary N) is 1. The van der Waals surface area contributed by atoms with Crippen molar-refractivity contribution in [3.63, 3.8) is 0 Å². The van der Waals surface area contributed by atoms with E-state index in [1.54, 1.807) is 0 Å². The maximum atomic E-state index is 3.54. The molecule has 0 spiro atoms. The highest BCUT2D eigenvalue weighted by Crippen LogP contribution is 2.24. The van der Waals surface area contributed by atoms with Crippen LogP contribution in [0.1, 0.15) is 12.5 Å².